The second-order valence-electron chi connectivity index (χ2n) is 4.13. The predicted octanol–water partition coefficient (Wildman–Crippen LogP) is 3.79. The summed E-state index contributed by atoms with van der Waals surface area (Å²) in [6, 6.07) is 10.5. The van der Waals surface area contributed by atoms with Crippen LogP contribution in [0.3, 0.4) is 0 Å². The quantitative estimate of drug-likeness (QED) is 0.735. The van der Waals surface area contributed by atoms with Crippen molar-refractivity contribution in [3.8, 4) is 0 Å². The van der Waals surface area contributed by atoms with Crippen molar-refractivity contribution < 1.29 is 4.79 Å². The Balaban J connectivity index is 2.44. The maximum absolute atomic E-state index is 11.9. The molecule has 6 heteroatoms. The lowest BCUT2D eigenvalue weighted by Crippen LogP contribution is -2.19. The van der Waals surface area contributed by atoms with Crippen molar-refractivity contribution >= 4 is 50.5 Å². The van der Waals surface area contributed by atoms with Gasteiger partial charge in [0.15, 0.2) is 0 Å². The first-order valence-corrected chi connectivity index (χ1v) is 7.02. The largest absolute Gasteiger partial charge is 0.399 e. The van der Waals surface area contributed by atoms with Crippen LogP contribution in [0.15, 0.2) is 40.9 Å². The SMILES string of the molecule is CNC(=O)c1ccc(N)cc1Nc1cc(Br)ccc1Cl. The Labute approximate surface area is 130 Å². The molecule has 104 valence electrons. The van der Waals surface area contributed by atoms with Gasteiger partial charge in [0.1, 0.15) is 0 Å². The maximum atomic E-state index is 11.9. The molecule has 0 aliphatic carbocycles. The van der Waals surface area contributed by atoms with Crippen LogP contribution in [0.5, 0.6) is 0 Å². The second kappa shape index (κ2) is 6.15. The molecule has 0 spiro atoms. The summed E-state index contributed by atoms with van der Waals surface area (Å²) in [5.74, 6) is -0.196. The molecule has 0 aliphatic rings. The first-order valence-electron chi connectivity index (χ1n) is 5.85. The molecule has 0 aromatic heterocycles. The average molecular weight is 355 g/mol. The van der Waals surface area contributed by atoms with Gasteiger partial charge < -0.3 is 16.4 Å². The third-order valence-electron chi connectivity index (χ3n) is 2.71. The van der Waals surface area contributed by atoms with E-state index in [1.807, 2.05) is 12.1 Å². The van der Waals surface area contributed by atoms with Gasteiger partial charge in [-0.25, -0.2) is 0 Å². The van der Waals surface area contributed by atoms with Gasteiger partial charge in [-0.2, -0.15) is 0 Å². The smallest absolute Gasteiger partial charge is 0.253 e. The molecule has 4 nitrogen and oxygen atoms in total. The molecular weight excluding hydrogens is 342 g/mol. The van der Waals surface area contributed by atoms with Crippen LogP contribution in [0, 0.1) is 0 Å². The number of carbonyl (C=O) groups is 1. The van der Waals surface area contributed by atoms with Crippen molar-refractivity contribution in [2.24, 2.45) is 0 Å². The van der Waals surface area contributed by atoms with Crippen molar-refractivity contribution in [3.63, 3.8) is 0 Å². The zero-order valence-electron chi connectivity index (χ0n) is 10.7. The Morgan fingerprint density at radius 3 is 2.65 bits per heavy atom. The fourth-order valence-corrected chi connectivity index (χ4v) is 2.26. The molecule has 0 bridgehead atoms. The van der Waals surface area contributed by atoms with Gasteiger partial charge in [-0.05, 0) is 36.4 Å². The van der Waals surface area contributed by atoms with E-state index in [1.54, 1.807) is 31.3 Å². The molecule has 0 saturated heterocycles. The van der Waals surface area contributed by atoms with Crippen LogP contribution in [-0.4, -0.2) is 13.0 Å². The molecule has 2 aromatic rings. The standard InChI is InChI=1S/C14H13BrClN3O/c1-18-14(20)10-4-3-9(17)7-12(10)19-13-6-8(15)2-5-11(13)16/h2-7,19H,17H2,1H3,(H,18,20). The number of nitrogens with two attached hydrogens (primary N) is 1. The lowest BCUT2D eigenvalue weighted by atomic mass is 10.1. The molecular formula is C14H13BrClN3O. The molecule has 0 aliphatic heterocycles. The van der Waals surface area contributed by atoms with Crippen molar-refractivity contribution in [1.82, 2.24) is 5.32 Å². The van der Waals surface area contributed by atoms with Crippen LogP contribution >= 0.6 is 27.5 Å². The summed E-state index contributed by atoms with van der Waals surface area (Å²) in [6.07, 6.45) is 0. The number of carbonyl (C=O) groups excluding carboxylic acids is 1. The highest BCUT2D eigenvalue weighted by molar-refractivity contribution is 9.10. The van der Waals surface area contributed by atoms with Gasteiger partial charge in [0.2, 0.25) is 0 Å². The van der Waals surface area contributed by atoms with Gasteiger partial charge in [-0.3, -0.25) is 4.79 Å². The van der Waals surface area contributed by atoms with Gasteiger partial charge in [0, 0.05) is 17.2 Å². The van der Waals surface area contributed by atoms with E-state index in [0.29, 0.717) is 27.6 Å². The predicted molar refractivity (Wildman–Crippen MR) is 86.7 cm³/mol. The lowest BCUT2D eigenvalue weighted by Gasteiger charge is -2.13. The monoisotopic (exact) mass is 353 g/mol. The normalized spacial score (nSPS) is 10.2. The van der Waals surface area contributed by atoms with Crippen LogP contribution in [-0.2, 0) is 0 Å². The topological polar surface area (TPSA) is 67.2 Å². The number of benzene rings is 2. The molecule has 0 unspecified atom stereocenters. The Kier molecular flexibility index (Phi) is 4.52. The summed E-state index contributed by atoms with van der Waals surface area (Å²) < 4.78 is 0.884. The molecule has 0 saturated carbocycles. The van der Waals surface area contributed by atoms with Crippen molar-refractivity contribution in [1.29, 1.82) is 0 Å². The van der Waals surface area contributed by atoms with Crippen LogP contribution < -0.4 is 16.4 Å². The number of hydrogen-bond donors (Lipinski definition) is 3. The van der Waals surface area contributed by atoms with E-state index in [9.17, 15) is 4.79 Å². The molecule has 20 heavy (non-hydrogen) atoms. The summed E-state index contributed by atoms with van der Waals surface area (Å²) in [7, 11) is 1.58. The maximum Gasteiger partial charge on any atom is 0.253 e. The minimum Gasteiger partial charge on any atom is -0.399 e. The first-order chi connectivity index (χ1) is 9.51. The van der Waals surface area contributed by atoms with Crippen LogP contribution in [0.1, 0.15) is 10.4 Å². The number of anilines is 3. The third kappa shape index (κ3) is 3.23. The minimum atomic E-state index is -0.196. The highest BCUT2D eigenvalue weighted by atomic mass is 79.9. The average Bonchev–Trinajstić information content (AvgIpc) is 2.42. The van der Waals surface area contributed by atoms with E-state index in [2.05, 4.69) is 26.6 Å². The fourth-order valence-electron chi connectivity index (χ4n) is 1.74. The molecule has 0 radical (unpaired) electrons. The summed E-state index contributed by atoms with van der Waals surface area (Å²) in [4.78, 5) is 11.9. The first kappa shape index (κ1) is 14.7. The number of nitrogen functional groups attached to an aromatic ring is 1. The number of amides is 1. The Morgan fingerprint density at radius 1 is 1.20 bits per heavy atom. The van der Waals surface area contributed by atoms with Gasteiger partial charge in [-0.1, -0.05) is 27.5 Å². The van der Waals surface area contributed by atoms with Crippen molar-refractivity contribution in [2.45, 2.75) is 0 Å². The van der Waals surface area contributed by atoms with Crippen molar-refractivity contribution in [3.05, 3.63) is 51.5 Å². The summed E-state index contributed by atoms with van der Waals surface area (Å²) >= 11 is 9.52. The van der Waals surface area contributed by atoms with Crippen LogP contribution in [0.2, 0.25) is 5.02 Å². The van der Waals surface area contributed by atoms with Gasteiger partial charge in [0.05, 0.1) is 22.0 Å². The number of rotatable bonds is 3. The molecule has 0 fully saturated rings. The van der Waals surface area contributed by atoms with E-state index >= 15 is 0 Å². The van der Waals surface area contributed by atoms with Gasteiger partial charge in [-0.15, -0.1) is 0 Å². The third-order valence-corrected chi connectivity index (χ3v) is 3.54. The zero-order valence-corrected chi connectivity index (χ0v) is 13.0. The molecule has 0 atom stereocenters. The molecule has 1 amide bonds. The molecule has 0 heterocycles. The van der Waals surface area contributed by atoms with Crippen LogP contribution in [0.4, 0.5) is 17.1 Å². The van der Waals surface area contributed by atoms with E-state index in [1.165, 1.54) is 0 Å². The van der Waals surface area contributed by atoms with Crippen LogP contribution in [0.25, 0.3) is 0 Å². The van der Waals surface area contributed by atoms with Crippen molar-refractivity contribution in [2.75, 3.05) is 18.1 Å². The lowest BCUT2D eigenvalue weighted by molar-refractivity contribution is 0.0964. The Hall–Kier alpha value is -1.72. The van der Waals surface area contributed by atoms with E-state index in [4.69, 9.17) is 17.3 Å². The number of nitrogens with one attached hydrogen (secondary N) is 2. The Morgan fingerprint density at radius 2 is 1.95 bits per heavy atom. The molecule has 4 N–H and O–H groups in total. The highest BCUT2D eigenvalue weighted by Gasteiger charge is 2.12. The van der Waals surface area contributed by atoms with Gasteiger partial charge in [0.25, 0.3) is 5.91 Å². The van der Waals surface area contributed by atoms with Gasteiger partial charge >= 0.3 is 0 Å². The summed E-state index contributed by atoms with van der Waals surface area (Å²) in [5, 5.41) is 6.28. The number of hydrogen-bond acceptors (Lipinski definition) is 3. The second-order valence-corrected chi connectivity index (χ2v) is 5.46. The zero-order chi connectivity index (χ0) is 14.7. The Bertz CT molecular complexity index is 661. The van der Waals surface area contributed by atoms with E-state index in [-0.39, 0.29) is 5.91 Å². The minimum absolute atomic E-state index is 0.196. The van der Waals surface area contributed by atoms with E-state index < -0.39 is 0 Å². The molecule has 2 rings (SSSR count). The van der Waals surface area contributed by atoms with E-state index in [0.717, 1.165) is 4.47 Å². The molecule has 2 aromatic carbocycles. The highest BCUT2D eigenvalue weighted by Crippen LogP contribution is 2.30. The summed E-state index contributed by atoms with van der Waals surface area (Å²) in [5.41, 5.74) is 8.13. The fraction of sp³-hybridized carbons (Fsp3) is 0.0714. The number of halogens is 2. The summed E-state index contributed by atoms with van der Waals surface area (Å²) in [6.45, 7) is 0.